The van der Waals surface area contributed by atoms with E-state index in [4.69, 9.17) is 44.9 Å². The molecule has 0 N–H and O–H groups in total. The minimum Gasteiger partial charge on any atom is -0.264 e. The number of hydrogen-bond donors (Lipinski definition) is 0. The summed E-state index contributed by atoms with van der Waals surface area (Å²) >= 11 is 3.58. The molecule has 0 atom stereocenters. The molecule has 22 aromatic rings. The van der Waals surface area contributed by atoms with Crippen LogP contribution in [0.1, 0.15) is 0 Å². The summed E-state index contributed by atoms with van der Waals surface area (Å²) in [6.07, 6.45) is 5.62. The van der Waals surface area contributed by atoms with Gasteiger partial charge in [-0.1, -0.05) is 328 Å². The van der Waals surface area contributed by atoms with E-state index in [9.17, 15) is 0 Å². The molecule has 0 bridgehead atoms. The van der Waals surface area contributed by atoms with E-state index in [0.717, 1.165) is 138 Å². The van der Waals surface area contributed by atoms with E-state index in [-0.39, 0.29) is 0 Å². The zero-order valence-corrected chi connectivity index (χ0v) is 65.0. The Hall–Kier alpha value is -15.3. The number of pyridine rings is 4. The van der Waals surface area contributed by atoms with Gasteiger partial charge in [0.05, 0.1) is 37.3 Å². The van der Waals surface area contributed by atoms with Gasteiger partial charge in [-0.15, -0.1) is 22.7 Å². The fourth-order valence-corrected chi connectivity index (χ4v) is 18.1. The standard InChI is InChI=1S/2C53H33N5S/c1-3-12-34(13-4-1)35-23-27-38(28-24-35)52-56-51(37-14-5-2-6-15-37)57-53(58-52)39-29-25-36(26-30-39)40-16-9-17-41(32-40)42-18-10-19-43(33-42)48-50-47(44-20-7-8-22-46(44)59-50)49-45(55-48)21-11-31-54-49;1-3-11-34(12-4-1)35-21-25-38(26-22-35)52-56-51(37-13-5-2-6-14-37)57-53(58-52)39-27-23-36(24-28-39)40-15-9-16-41(31-40)42-17-10-18-43(32-42)49-50-48(44-19-7-8-20-47(44)59-50)45-33-54-30-29-46(45)55-49/h2*1-33H. The van der Waals surface area contributed by atoms with Gasteiger partial charge in [-0.3, -0.25) is 9.97 Å². The third kappa shape index (κ3) is 13.9. The molecule has 0 saturated carbocycles. The molecule has 552 valence electrons. The first-order valence-electron chi connectivity index (χ1n) is 39.1. The largest absolute Gasteiger partial charge is 0.264 e. The molecule has 0 unspecified atom stereocenters. The molecule has 8 aromatic heterocycles. The maximum absolute atomic E-state index is 5.22. The Bertz CT molecular complexity index is 7060. The van der Waals surface area contributed by atoms with Gasteiger partial charge >= 0.3 is 0 Å². The van der Waals surface area contributed by atoms with E-state index >= 15 is 0 Å². The van der Waals surface area contributed by atoms with Crippen LogP contribution in [0.5, 0.6) is 0 Å². The van der Waals surface area contributed by atoms with E-state index in [1.54, 1.807) is 22.7 Å². The fraction of sp³-hybridized carbons (Fsp3) is 0. The normalized spacial score (nSPS) is 11.4. The van der Waals surface area contributed by atoms with Crippen molar-refractivity contribution in [1.82, 2.24) is 49.8 Å². The third-order valence-electron chi connectivity index (χ3n) is 21.6. The molecule has 0 aliphatic heterocycles. The molecule has 10 nitrogen and oxygen atoms in total. The van der Waals surface area contributed by atoms with Gasteiger partial charge in [0.1, 0.15) is 0 Å². The van der Waals surface area contributed by atoms with Crippen LogP contribution in [0.2, 0.25) is 0 Å². The van der Waals surface area contributed by atoms with Crippen molar-refractivity contribution in [2.75, 3.05) is 0 Å². The second-order valence-corrected chi connectivity index (χ2v) is 31.1. The topological polar surface area (TPSA) is 129 Å². The predicted molar refractivity (Wildman–Crippen MR) is 488 cm³/mol. The monoisotopic (exact) mass is 1540 g/mol. The highest BCUT2D eigenvalue weighted by Crippen LogP contribution is 2.46. The van der Waals surface area contributed by atoms with Gasteiger partial charge in [-0.05, 0) is 121 Å². The van der Waals surface area contributed by atoms with E-state index in [2.05, 4.69) is 302 Å². The van der Waals surface area contributed by atoms with Crippen molar-refractivity contribution >= 4 is 85.0 Å². The maximum atomic E-state index is 5.22. The van der Waals surface area contributed by atoms with Crippen molar-refractivity contribution in [3.8, 4) is 158 Å². The van der Waals surface area contributed by atoms with Gasteiger partial charge in [0.2, 0.25) is 0 Å². The van der Waals surface area contributed by atoms with E-state index in [1.165, 1.54) is 46.8 Å². The molecule has 118 heavy (non-hydrogen) atoms. The quantitative estimate of drug-likeness (QED) is 0.104. The Morgan fingerprint density at radius 3 is 0.881 bits per heavy atom. The zero-order chi connectivity index (χ0) is 78.2. The minimum absolute atomic E-state index is 0.629. The van der Waals surface area contributed by atoms with Crippen LogP contribution in [-0.4, -0.2) is 49.8 Å². The number of aromatic nitrogens is 10. The van der Waals surface area contributed by atoms with Gasteiger partial charge in [0, 0.05) is 99.4 Å². The van der Waals surface area contributed by atoms with Crippen LogP contribution < -0.4 is 0 Å². The highest BCUT2D eigenvalue weighted by Gasteiger charge is 2.22. The Morgan fingerprint density at radius 1 is 0.186 bits per heavy atom. The lowest BCUT2D eigenvalue weighted by atomic mass is 9.96. The van der Waals surface area contributed by atoms with Crippen LogP contribution in [-0.2, 0) is 0 Å². The van der Waals surface area contributed by atoms with Gasteiger partial charge in [0.25, 0.3) is 0 Å². The van der Waals surface area contributed by atoms with Gasteiger partial charge < -0.3 is 0 Å². The van der Waals surface area contributed by atoms with Crippen molar-refractivity contribution in [2.45, 2.75) is 0 Å². The Morgan fingerprint density at radius 2 is 0.475 bits per heavy atom. The van der Waals surface area contributed by atoms with Crippen LogP contribution in [0.25, 0.3) is 220 Å². The fourth-order valence-electron chi connectivity index (χ4n) is 15.7. The number of hydrogen-bond acceptors (Lipinski definition) is 12. The summed E-state index contributed by atoms with van der Waals surface area (Å²) in [4.78, 5) is 49.5. The Kier molecular flexibility index (Phi) is 18.4. The second-order valence-electron chi connectivity index (χ2n) is 29.0. The lowest BCUT2D eigenvalue weighted by molar-refractivity contribution is 1.07. The molecule has 12 heteroatoms. The third-order valence-corrected chi connectivity index (χ3v) is 24.0. The molecule has 0 saturated heterocycles. The molecular weight excluding hydrogens is 1480 g/mol. The average molecular weight is 1540 g/mol. The Balaban J connectivity index is 0.000000147. The van der Waals surface area contributed by atoms with E-state index in [1.807, 2.05) is 104 Å². The molecule has 14 aromatic carbocycles. The number of fused-ring (bicyclic) bond motifs is 10. The summed E-state index contributed by atoms with van der Waals surface area (Å²) in [5.41, 5.74) is 26.2. The second kappa shape index (κ2) is 30.9. The molecule has 0 aliphatic rings. The van der Waals surface area contributed by atoms with Crippen molar-refractivity contribution in [2.24, 2.45) is 0 Å². The van der Waals surface area contributed by atoms with Crippen molar-refractivity contribution in [3.63, 3.8) is 0 Å². The van der Waals surface area contributed by atoms with Gasteiger partial charge in [0.15, 0.2) is 34.9 Å². The Labute approximate surface area is 688 Å². The molecule has 8 heterocycles. The molecule has 0 amide bonds. The summed E-state index contributed by atoms with van der Waals surface area (Å²) in [5.74, 6) is 3.81. The number of thiophene rings is 2. The van der Waals surface area contributed by atoms with Gasteiger partial charge in [-0.25, -0.2) is 39.9 Å². The molecule has 22 rings (SSSR count). The van der Waals surface area contributed by atoms with Crippen molar-refractivity contribution in [1.29, 1.82) is 0 Å². The summed E-state index contributed by atoms with van der Waals surface area (Å²) in [5, 5.41) is 5.93. The van der Waals surface area contributed by atoms with Crippen LogP contribution >= 0.6 is 22.7 Å². The molecule has 0 fully saturated rings. The van der Waals surface area contributed by atoms with E-state index in [0.29, 0.717) is 34.9 Å². The van der Waals surface area contributed by atoms with Crippen molar-refractivity contribution in [3.05, 3.63) is 401 Å². The summed E-state index contributed by atoms with van der Waals surface area (Å²) in [6.45, 7) is 0. The highest BCUT2D eigenvalue weighted by molar-refractivity contribution is 7.27. The number of rotatable bonds is 14. The number of benzene rings is 14. The SMILES string of the molecule is c1ccc(-c2ccc(-c3nc(-c4ccccc4)nc(-c4ccc(-c5cccc(-c6cccc(-c7nc8cccnc8c8c7sc7ccccc78)c6)c5)cc4)n3)cc2)cc1.c1ccc(-c2ccc(-c3nc(-c4ccccc4)nc(-c4ccc(-c5cccc(-c6cccc(-c7nc8ccncc8c8c7sc7ccccc78)c6)c5)cc4)n3)cc2)cc1. The maximum Gasteiger partial charge on any atom is 0.164 e. The highest BCUT2D eigenvalue weighted by atomic mass is 32.1. The molecule has 0 aliphatic carbocycles. The lowest BCUT2D eigenvalue weighted by Gasteiger charge is -2.11. The van der Waals surface area contributed by atoms with Gasteiger partial charge in [-0.2, -0.15) is 0 Å². The minimum atomic E-state index is 0.629. The molecule has 0 radical (unpaired) electrons. The molecule has 0 spiro atoms. The first-order chi connectivity index (χ1) is 58.4. The molecular formula is C106H66N10S2. The average Bonchev–Trinajstić information content (AvgIpc) is 1.56. The van der Waals surface area contributed by atoms with Crippen molar-refractivity contribution < 1.29 is 0 Å². The summed E-state index contributed by atoms with van der Waals surface area (Å²) in [7, 11) is 0. The summed E-state index contributed by atoms with van der Waals surface area (Å²) < 4.78 is 4.82. The predicted octanol–water partition coefficient (Wildman–Crippen LogP) is 27.7. The van der Waals surface area contributed by atoms with Crippen LogP contribution in [0, 0.1) is 0 Å². The van der Waals surface area contributed by atoms with Crippen LogP contribution in [0.3, 0.4) is 0 Å². The first kappa shape index (κ1) is 70.5. The first-order valence-corrected chi connectivity index (χ1v) is 40.8. The zero-order valence-electron chi connectivity index (χ0n) is 63.4. The van der Waals surface area contributed by atoms with Crippen LogP contribution in [0.4, 0.5) is 0 Å². The summed E-state index contributed by atoms with van der Waals surface area (Å²) in [6, 6.07) is 133. The van der Waals surface area contributed by atoms with Crippen LogP contribution in [0.15, 0.2) is 401 Å². The van der Waals surface area contributed by atoms with E-state index < -0.39 is 0 Å². The lowest BCUT2D eigenvalue weighted by Crippen LogP contribution is -2.00. The smallest absolute Gasteiger partial charge is 0.164 e. The number of nitrogens with zero attached hydrogens (tertiary/aromatic N) is 10.